The van der Waals surface area contributed by atoms with Gasteiger partial charge in [-0.3, -0.25) is 5.41 Å². The van der Waals surface area contributed by atoms with Crippen LogP contribution in [0.1, 0.15) is 112 Å². The van der Waals surface area contributed by atoms with E-state index in [1.54, 1.807) is 0 Å². The molecular formula is C37H53N7. The van der Waals surface area contributed by atoms with Crippen molar-refractivity contribution in [2.75, 3.05) is 24.6 Å². The Hall–Kier alpha value is -3.87. The van der Waals surface area contributed by atoms with Crippen LogP contribution in [0.3, 0.4) is 0 Å². The molecule has 1 saturated carbocycles. The number of pyridine rings is 1. The molecule has 1 aliphatic heterocycles. The molecule has 44 heavy (non-hydrogen) atoms. The number of hydrogen-bond donors (Lipinski definition) is 5. The van der Waals surface area contributed by atoms with E-state index in [0.717, 1.165) is 66.1 Å². The van der Waals surface area contributed by atoms with Crippen molar-refractivity contribution in [1.29, 1.82) is 5.41 Å². The van der Waals surface area contributed by atoms with Gasteiger partial charge in [-0.2, -0.15) is 0 Å². The molecule has 0 amide bonds. The maximum absolute atomic E-state index is 9.01. The molecule has 1 aromatic heterocycles. The van der Waals surface area contributed by atoms with E-state index in [4.69, 9.17) is 11.1 Å². The molecule has 1 aromatic carbocycles. The summed E-state index contributed by atoms with van der Waals surface area (Å²) in [5, 5.41) is 19.2. The normalized spacial score (nSPS) is 15.0. The Morgan fingerprint density at radius 2 is 1.61 bits per heavy atom. The van der Waals surface area contributed by atoms with Crippen molar-refractivity contribution in [2.45, 2.75) is 96.3 Å². The number of aliphatic imine (C=N–C) groups is 1. The predicted octanol–water partition coefficient (Wildman–Crippen LogP) is 8.34. The van der Waals surface area contributed by atoms with Crippen LogP contribution < -0.4 is 21.7 Å². The molecule has 1 aliphatic carbocycles. The van der Waals surface area contributed by atoms with Crippen LogP contribution >= 0.6 is 0 Å². The molecular weight excluding hydrogens is 542 g/mol. The first-order valence-electron chi connectivity index (χ1n) is 16.7. The number of benzene rings is 1. The molecule has 236 valence electrons. The molecule has 0 bridgehead atoms. The van der Waals surface area contributed by atoms with Gasteiger partial charge in [0.25, 0.3) is 0 Å². The van der Waals surface area contributed by atoms with Crippen LogP contribution in [0.2, 0.25) is 0 Å². The third kappa shape index (κ3) is 9.57. The molecule has 1 fully saturated rings. The maximum Gasteiger partial charge on any atom is 0.134 e. The third-order valence-electron chi connectivity index (χ3n) is 8.92. The quantitative estimate of drug-likeness (QED) is 0.0878. The number of aromatic nitrogens is 1. The summed E-state index contributed by atoms with van der Waals surface area (Å²) in [6, 6.07) is 7.84. The summed E-state index contributed by atoms with van der Waals surface area (Å²) in [7, 11) is 1.90. The molecule has 0 spiro atoms. The second kappa shape index (κ2) is 17.4. The molecule has 0 radical (unpaired) electrons. The van der Waals surface area contributed by atoms with Gasteiger partial charge in [-0.05, 0) is 68.1 Å². The Kier molecular flexibility index (Phi) is 13.1. The van der Waals surface area contributed by atoms with Gasteiger partial charge in [0, 0.05) is 43.0 Å². The minimum Gasteiger partial charge on any atom is -0.389 e. The second-order valence-corrected chi connectivity index (χ2v) is 12.2. The van der Waals surface area contributed by atoms with Crippen LogP contribution in [0.25, 0.3) is 5.70 Å². The van der Waals surface area contributed by atoms with Crippen LogP contribution in [0.4, 0.5) is 11.5 Å². The van der Waals surface area contributed by atoms with E-state index in [1.165, 1.54) is 76.3 Å². The van der Waals surface area contributed by atoms with Crippen LogP contribution in [-0.2, 0) is 6.42 Å². The van der Waals surface area contributed by atoms with Crippen molar-refractivity contribution in [2.24, 2.45) is 10.9 Å². The molecule has 7 heteroatoms. The zero-order valence-corrected chi connectivity index (χ0v) is 26.8. The van der Waals surface area contributed by atoms with Gasteiger partial charge in [0.15, 0.2) is 0 Å². The number of anilines is 2. The van der Waals surface area contributed by atoms with Crippen molar-refractivity contribution >= 4 is 29.1 Å². The van der Waals surface area contributed by atoms with Crippen molar-refractivity contribution < 1.29 is 0 Å². The zero-order chi connectivity index (χ0) is 31.1. The first kappa shape index (κ1) is 33.0. The number of aryl methyl sites for hydroxylation is 1. The van der Waals surface area contributed by atoms with E-state index in [1.807, 2.05) is 43.7 Å². The smallest absolute Gasteiger partial charge is 0.134 e. The monoisotopic (exact) mass is 595 g/mol. The summed E-state index contributed by atoms with van der Waals surface area (Å²) in [5.74, 6) is 1.90. The van der Waals surface area contributed by atoms with E-state index in [-0.39, 0.29) is 0 Å². The molecule has 0 atom stereocenters. The van der Waals surface area contributed by atoms with Crippen LogP contribution in [0.15, 0.2) is 66.2 Å². The fourth-order valence-corrected chi connectivity index (χ4v) is 6.26. The highest BCUT2D eigenvalue weighted by Gasteiger charge is 2.18. The summed E-state index contributed by atoms with van der Waals surface area (Å²) in [5.41, 5.74) is 13.2. The first-order valence-corrected chi connectivity index (χ1v) is 16.7. The fraction of sp³-hybridized carbons (Fsp3) is 0.486. The number of rotatable bonds is 18. The summed E-state index contributed by atoms with van der Waals surface area (Å²) >= 11 is 0. The maximum atomic E-state index is 9.01. The lowest BCUT2D eigenvalue weighted by Gasteiger charge is -2.24. The van der Waals surface area contributed by atoms with Crippen molar-refractivity contribution in [3.05, 3.63) is 83.5 Å². The molecule has 0 unspecified atom stereocenters. The lowest BCUT2D eigenvalue weighted by atomic mass is 9.87. The number of nitrogens with one attached hydrogen (secondary N) is 4. The van der Waals surface area contributed by atoms with Gasteiger partial charge < -0.3 is 21.7 Å². The lowest BCUT2D eigenvalue weighted by molar-refractivity contribution is 0.386. The highest BCUT2D eigenvalue weighted by atomic mass is 15.0. The number of nitrogens with two attached hydrogens (primary N) is 1. The van der Waals surface area contributed by atoms with E-state index >= 15 is 0 Å². The summed E-state index contributed by atoms with van der Waals surface area (Å²) in [4.78, 5) is 8.87. The average molecular weight is 596 g/mol. The molecule has 2 aliphatic rings. The van der Waals surface area contributed by atoms with E-state index in [2.05, 4.69) is 45.2 Å². The highest BCUT2D eigenvalue weighted by Crippen LogP contribution is 2.30. The standard InChI is InChI=1S/C37H53N7/c1-27(29-16-11-9-12-17-29)41-24-14-8-6-4-5-7-10-18-32-26-43-37(39)34(36(32)40-3)35(38)31-22-20-30(21-23-31)28(2)44-33-19-13-15-25-42-33/h19-23,25-26,29,38,41,44H,1-2,4-18,24H2,3H3,(H3,39,40,43). The van der Waals surface area contributed by atoms with E-state index in [0.29, 0.717) is 23.0 Å². The highest BCUT2D eigenvalue weighted by molar-refractivity contribution is 6.17. The largest absolute Gasteiger partial charge is 0.389 e. The Labute approximate surface area is 265 Å². The molecule has 2 heterocycles. The third-order valence-corrected chi connectivity index (χ3v) is 8.92. The van der Waals surface area contributed by atoms with Crippen LogP contribution in [0, 0.1) is 11.3 Å². The van der Waals surface area contributed by atoms with Gasteiger partial charge in [0.1, 0.15) is 11.6 Å². The van der Waals surface area contributed by atoms with Crippen molar-refractivity contribution in [1.82, 2.24) is 15.6 Å². The molecule has 7 nitrogen and oxygen atoms in total. The van der Waals surface area contributed by atoms with Gasteiger partial charge in [-0.1, -0.05) is 88.8 Å². The number of unbranched alkanes of at least 4 members (excludes halogenated alkanes) is 6. The Bertz CT molecular complexity index is 1320. The van der Waals surface area contributed by atoms with Gasteiger partial charge in [-0.25, -0.2) is 9.98 Å². The first-order chi connectivity index (χ1) is 21.5. The number of nitrogens with zero attached hydrogens (tertiary/aromatic N) is 2. The van der Waals surface area contributed by atoms with Gasteiger partial charge in [0.05, 0.1) is 17.0 Å². The number of allylic oxidation sites excluding steroid dienone is 2. The summed E-state index contributed by atoms with van der Waals surface area (Å²) < 4.78 is 0. The van der Waals surface area contributed by atoms with Crippen LogP contribution in [0.5, 0.6) is 0 Å². The minimum atomic E-state index is 0.364. The van der Waals surface area contributed by atoms with Crippen LogP contribution in [-0.4, -0.2) is 30.5 Å². The van der Waals surface area contributed by atoms with Gasteiger partial charge in [-0.15, -0.1) is 0 Å². The second-order valence-electron chi connectivity index (χ2n) is 12.2. The molecule has 4 rings (SSSR count). The SMILES string of the molecule is C=C(NC1=CCCC=N1)c1ccc(C(=N)c2c(N)ncc(CCCCCCCCCNC(=C)C3CCCCC3)c2NC)cc1. The minimum absolute atomic E-state index is 0.364. The Balaban J connectivity index is 1.20. The zero-order valence-electron chi connectivity index (χ0n) is 26.8. The molecule has 2 aromatic rings. The van der Waals surface area contributed by atoms with E-state index < -0.39 is 0 Å². The average Bonchev–Trinajstić information content (AvgIpc) is 3.06. The van der Waals surface area contributed by atoms with Gasteiger partial charge >= 0.3 is 0 Å². The topological polar surface area (TPSA) is 111 Å². The number of nitrogen functional groups attached to an aromatic ring is 1. The summed E-state index contributed by atoms with van der Waals surface area (Å²) in [6.45, 7) is 9.52. The Morgan fingerprint density at radius 3 is 2.30 bits per heavy atom. The predicted molar refractivity (Wildman–Crippen MR) is 188 cm³/mol. The van der Waals surface area contributed by atoms with Crippen molar-refractivity contribution in [3.8, 4) is 0 Å². The Morgan fingerprint density at radius 1 is 0.932 bits per heavy atom. The lowest BCUT2D eigenvalue weighted by Crippen LogP contribution is -2.22. The van der Waals surface area contributed by atoms with Gasteiger partial charge in [0.2, 0.25) is 0 Å². The molecule has 0 saturated heterocycles. The molecule has 6 N–H and O–H groups in total. The summed E-state index contributed by atoms with van der Waals surface area (Å²) in [6.07, 6.45) is 24.1. The number of hydrogen-bond acceptors (Lipinski definition) is 7. The van der Waals surface area contributed by atoms with Crippen molar-refractivity contribution in [3.63, 3.8) is 0 Å². The fourth-order valence-electron chi connectivity index (χ4n) is 6.26. The van der Waals surface area contributed by atoms with E-state index in [9.17, 15) is 0 Å².